The second-order valence-electron chi connectivity index (χ2n) is 11.3. The number of hydrogen-bond donors (Lipinski definition) is 3. The quantitative estimate of drug-likeness (QED) is 0.264. The maximum Gasteiger partial charge on any atom is 0.408 e. The van der Waals surface area contributed by atoms with Gasteiger partial charge < -0.3 is 25.4 Å². The largest absolute Gasteiger partial charge is 0.444 e. The van der Waals surface area contributed by atoms with Gasteiger partial charge in [-0.05, 0) is 71.1 Å². The summed E-state index contributed by atoms with van der Waals surface area (Å²) in [5.41, 5.74) is 2.04. The number of carbonyl (C=O) groups excluding carboxylic acids is 3. The maximum absolute atomic E-state index is 13.9. The SMILES string of the molecule is CCCCCCCN(C(=O)C(CO)NC(=O)OC(C)(C)C)C(C(=O)NC(C)CCC)c1ccc(C)c(C)c1. The highest BCUT2D eigenvalue weighted by Gasteiger charge is 2.36. The van der Waals surface area contributed by atoms with Gasteiger partial charge in [-0.3, -0.25) is 9.59 Å². The lowest BCUT2D eigenvalue weighted by atomic mass is 9.97. The molecule has 3 N–H and O–H groups in total. The Morgan fingerprint density at radius 3 is 2.18 bits per heavy atom. The van der Waals surface area contributed by atoms with Crippen LogP contribution < -0.4 is 10.6 Å². The normalized spacial score (nSPS) is 13.8. The van der Waals surface area contributed by atoms with Crippen LogP contribution in [-0.2, 0) is 14.3 Å². The molecule has 216 valence electrons. The summed E-state index contributed by atoms with van der Waals surface area (Å²) >= 11 is 0. The number of unbranched alkanes of at least 4 members (excludes halogenated alkanes) is 4. The molecule has 38 heavy (non-hydrogen) atoms. The van der Waals surface area contributed by atoms with E-state index in [-0.39, 0.29) is 11.9 Å². The molecule has 0 radical (unpaired) electrons. The molecule has 1 aromatic carbocycles. The van der Waals surface area contributed by atoms with E-state index < -0.39 is 36.3 Å². The fourth-order valence-corrected chi connectivity index (χ4v) is 4.32. The minimum atomic E-state index is -1.24. The van der Waals surface area contributed by atoms with Gasteiger partial charge in [0, 0.05) is 12.6 Å². The lowest BCUT2D eigenvalue weighted by Crippen LogP contribution is -2.55. The summed E-state index contributed by atoms with van der Waals surface area (Å²) in [6.45, 7) is 15.0. The second kappa shape index (κ2) is 16.4. The van der Waals surface area contributed by atoms with E-state index in [1.54, 1.807) is 20.8 Å². The fraction of sp³-hybridized carbons (Fsp3) is 0.700. The highest BCUT2D eigenvalue weighted by Crippen LogP contribution is 2.26. The number of carbonyl (C=O) groups is 3. The van der Waals surface area contributed by atoms with E-state index in [1.165, 1.54) is 4.90 Å². The van der Waals surface area contributed by atoms with Gasteiger partial charge in [0.1, 0.15) is 17.7 Å². The molecule has 0 bridgehead atoms. The average molecular weight is 534 g/mol. The summed E-state index contributed by atoms with van der Waals surface area (Å²) in [4.78, 5) is 41.6. The standard InChI is InChI=1S/C30H51N3O5/c1-9-11-12-13-14-18-33(28(36)25(20-34)32-29(37)38-30(6,7)8)26(27(35)31-23(5)15-10-2)24-17-16-21(3)22(4)19-24/h16-17,19,23,25-26,34H,9-15,18,20H2,1-8H3,(H,31,35)(H,32,37). The Balaban J connectivity index is 3.43. The van der Waals surface area contributed by atoms with Crippen LogP contribution in [0.5, 0.6) is 0 Å². The molecule has 8 nitrogen and oxygen atoms in total. The average Bonchev–Trinajstić information content (AvgIpc) is 2.82. The molecule has 0 heterocycles. The zero-order chi connectivity index (χ0) is 28.9. The van der Waals surface area contributed by atoms with Gasteiger partial charge in [-0.25, -0.2) is 4.79 Å². The van der Waals surface area contributed by atoms with Crippen molar-refractivity contribution in [2.24, 2.45) is 0 Å². The van der Waals surface area contributed by atoms with Crippen molar-refractivity contribution in [1.82, 2.24) is 15.5 Å². The fourth-order valence-electron chi connectivity index (χ4n) is 4.32. The van der Waals surface area contributed by atoms with Crippen LogP contribution in [0.25, 0.3) is 0 Å². The van der Waals surface area contributed by atoms with Crippen molar-refractivity contribution < 1.29 is 24.2 Å². The Labute approximate surface area is 229 Å². The first-order chi connectivity index (χ1) is 17.8. The topological polar surface area (TPSA) is 108 Å². The van der Waals surface area contributed by atoms with E-state index in [2.05, 4.69) is 24.5 Å². The van der Waals surface area contributed by atoms with E-state index in [1.807, 2.05) is 39.0 Å². The van der Waals surface area contributed by atoms with Crippen LogP contribution in [0, 0.1) is 13.8 Å². The van der Waals surface area contributed by atoms with Crippen molar-refractivity contribution in [1.29, 1.82) is 0 Å². The number of rotatable bonds is 15. The summed E-state index contributed by atoms with van der Waals surface area (Å²) in [5, 5.41) is 15.7. The molecule has 3 amide bonds. The highest BCUT2D eigenvalue weighted by atomic mass is 16.6. The molecular formula is C30H51N3O5. The van der Waals surface area contributed by atoms with Crippen LogP contribution in [0.1, 0.15) is 109 Å². The molecule has 0 aliphatic rings. The third-order valence-electron chi connectivity index (χ3n) is 6.47. The number of hydrogen-bond acceptors (Lipinski definition) is 5. The lowest BCUT2D eigenvalue weighted by molar-refractivity contribution is -0.143. The Bertz CT molecular complexity index is 896. The highest BCUT2D eigenvalue weighted by molar-refractivity contribution is 5.92. The van der Waals surface area contributed by atoms with Crippen LogP contribution >= 0.6 is 0 Å². The third-order valence-corrected chi connectivity index (χ3v) is 6.47. The Kier molecular flexibility index (Phi) is 14.4. The number of amides is 3. The second-order valence-corrected chi connectivity index (χ2v) is 11.3. The van der Waals surface area contributed by atoms with Crippen LogP contribution in [0.2, 0.25) is 0 Å². The minimum absolute atomic E-state index is 0.0587. The first kappa shape index (κ1) is 33.4. The van der Waals surface area contributed by atoms with Gasteiger partial charge in [0.05, 0.1) is 6.61 Å². The van der Waals surface area contributed by atoms with Gasteiger partial charge in [-0.2, -0.15) is 0 Å². The summed E-state index contributed by atoms with van der Waals surface area (Å²) in [6.07, 6.45) is 5.78. The molecule has 0 fully saturated rings. The molecule has 0 saturated heterocycles. The van der Waals surface area contributed by atoms with Crippen LogP contribution in [-0.4, -0.2) is 58.8 Å². The number of aliphatic hydroxyl groups excluding tert-OH is 1. The van der Waals surface area contributed by atoms with Crippen molar-refractivity contribution in [2.75, 3.05) is 13.2 Å². The lowest BCUT2D eigenvalue weighted by Gasteiger charge is -2.35. The molecular weight excluding hydrogens is 482 g/mol. The molecule has 1 rings (SSSR count). The van der Waals surface area contributed by atoms with Crippen LogP contribution in [0.3, 0.4) is 0 Å². The zero-order valence-electron chi connectivity index (χ0n) is 24.9. The number of aryl methyl sites for hydroxylation is 2. The Morgan fingerprint density at radius 1 is 0.974 bits per heavy atom. The van der Waals surface area contributed by atoms with Crippen LogP contribution in [0.15, 0.2) is 18.2 Å². The Hall–Kier alpha value is -2.61. The van der Waals surface area contributed by atoms with Crippen molar-refractivity contribution in [3.8, 4) is 0 Å². The molecule has 0 saturated carbocycles. The van der Waals surface area contributed by atoms with Crippen molar-refractivity contribution in [3.05, 3.63) is 34.9 Å². The maximum atomic E-state index is 13.9. The first-order valence-electron chi connectivity index (χ1n) is 14.1. The monoisotopic (exact) mass is 533 g/mol. The van der Waals surface area contributed by atoms with E-state index in [0.29, 0.717) is 18.5 Å². The zero-order valence-corrected chi connectivity index (χ0v) is 24.9. The van der Waals surface area contributed by atoms with Crippen molar-refractivity contribution in [2.45, 2.75) is 124 Å². The molecule has 0 aliphatic heterocycles. The van der Waals surface area contributed by atoms with E-state index >= 15 is 0 Å². The van der Waals surface area contributed by atoms with Gasteiger partial charge in [-0.1, -0.05) is 64.2 Å². The molecule has 3 atom stereocenters. The smallest absolute Gasteiger partial charge is 0.408 e. The van der Waals surface area contributed by atoms with E-state index in [0.717, 1.165) is 49.7 Å². The van der Waals surface area contributed by atoms with Crippen molar-refractivity contribution in [3.63, 3.8) is 0 Å². The van der Waals surface area contributed by atoms with Gasteiger partial charge >= 0.3 is 6.09 Å². The number of ether oxygens (including phenoxy) is 1. The first-order valence-corrected chi connectivity index (χ1v) is 14.1. The molecule has 8 heteroatoms. The molecule has 0 aromatic heterocycles. The predicted octanol–water partition coefficient (Wildman–Crippen LogP) is 5.33. The number of alkyl carbamates (subject to hydrolysis) is 1. The van der Waals surface area contributed by atoms with Gasteiger partial charge in [-0.15, -0.1) is 0 Å². The van der Waals surface area contributed by atoms with E-state index in [9.17, 15) is 19.5 Å². The molecule has 0 aliphatic carbocycles. The van der Waals surface area contributed by atoms with Gasteiger partial charge in [0.2, 0.25) is 11.8 Å². The van der Waals surface area contributed by atoms with Crippen molar-refractivity contribution >= 4 is 17.9 Å². The molecule has 1 aromatic rings. The number of benzene rings is 1. The Morgan fingerprint density at radius 2 is 1.63 bits per heavy atom. The van der Waals surface area contributed by atoms with Gasteiger partial charge in [0.25, 0.3) is 0 Å². The number of nitrogens with one attached hydrogen (secondary N) is 2. The predicted molar refractivity (Wildman–Crippen MR) is 152 cm³/mol. The van der Waals surface area contributed by atoms with Crippen LogP contribution in [0.4, 0.5) is 4.79 Å². The summed E-state index contributed by atoms with van der Waals surface area (Å²) in [5.74, 6) is -0.791. The number of aliphatic hydroxyl groups is 1. The summed E-state index contributed by atoms with van der Waals surface area (Å²) in [7, 11) is 0. The summed E-state index contributed by atoms with van der Waals surface area (Å²) < 4.78 is 5.32. The summed E-state index contributed by atoms with van der Waals surface area (Å²) in [6, 6.07) is 3.57. The third kappa shape index (κ3) is 11.4. The molecule has 3 unspecified atom stereocenters. The minimum Gasteiger partial charge on any atom is -0.444 e. The number of nitrogens with zero attached hydrogens (tertiary/aromatic N) is 1. The van der Waals surface area contributed by atoms with Gasteiger partial charge in [0.15, 0.2) is 0 Å². The molecule has 0 spiro atoms. The van der Waals surface area contributed by atoms with E-state index in [4.69, 9.17) is 4.74 Å².